The highest BCUT2D eigenvalue weighted by Crippen LogP contribution is 2.32. The first kappa shape index (κ1) is 14.4. The maximum absolute atomic E-state index is 10.7. The quantitative estimate of drug-likeness (QED) is 0.921. The van der Waals surface area contributed by atoms with Crippen LogP contribution in [-0.4, -0.2) is 11.7 Å². The normalized spacial score (nSPS) is 16.1. The minimum Gasteiger partial charge on any atom is -0.493 e. The summed E-state index contributed by atoms with van der Waals surface area (Å²) in [6.07, 6.45) is 2.42. The molecule has 1 unspecified atom stereocenters. The number of fused-ring (bicyclic) bond motifs is 1. The number of hydrogen-bond acceptors (Lipinski definition) is 2. The van der Waals surface area contributed by atoms with E-state index in [-0.39, 0.29) is 0 Å². The van der Waals surface area contributed by atoms with Crippen LogP contribution in [0.3, 0.4) is 0 Å². The van der Waals surface area contributed by atoms with Gasteiger partial charge in [-0.05, 0) is 43.0 Å². The zero-order valence-electron chi connectivity index (χ0n) is 12.1. The van der Waals surface area contributed by atoms with Crippen LogP contribution >= 0.6 is 11.6 Å². The Morgan fingerprint density at radius 3 is 2.86 bits per heavy atom. The van der Waals surface area contributed by atoms with Gasteiger partial charge in [-0.15, -0.1) is 0 Å². The van der Waals surface area contributed by atoms with Crippen LogP contribution in [0, 0.1) is 0 Å². The fourth-order valence-corrected chi connectivity index (χ4v) is 3.16. The second kappa shape index (κ2) is 5.70. The van der Waals surface area contributed by atoms with Crippen molar-refractivity contribution in [1.29, 1.82) is 0 Å². The summed E-state index contributed by atoms with van der Waals surface area (Å²) >= 11 is 6.19. The van der Waals surface area contributed by atoms with Gasteiger partial charge >= 0.3 is 0 Å². The Bertz CT molecular complexity index is 649. The first-order valence-corrected chi connectivity index (χ1v) is 7.66. The van der Waals surface area contributed by atoms with Gasteiger partial charge in [-0.1, -0.05) is 41.9 Å². The van der Waals surface area contributed by atoms with Gasteiger partial charge in [0.05, 0.1) is 12.2 Å². The molecule has 0 saturated heterocycles. The standard InChI is InChI=1S/C18H19ClO2/c1-18(20,15-4-2-3-5-16(15)19)10-8-13-6-7-17-14(12-13)9-11-21-17/h2-7,12,20H,8-11H2,1H3. The van der Waals surface area contributed by atoms with Gasteiger partial charge in [-0.2, -0.15) is 0 Å². The molecule has 0 bridgehead atoms. The van der Waals surface area contributed by atoms with E-state index in [0.29, 0.717) is 11.4 Å². The molecule has 0 aromatic heterocycles. The lowest BCUT2D eigenvalue weighted by atomic mass is 9.89. The lowest BCUT2D eigenvalue weighted by Gasteiger charge is -2.25. The van der Waals surface area contributed by atoms with Crippen LogP contribution in [0.5, 0.6) is 5.75 Å². The van der Waals surface area contributed by atoms with Crippen molar-refractivity contribution in [3.63, 3.8) is 0 Å². The van der Waals surface area contributed by atoms with Crippen LogP contribution in [0.2, 0.25) is 5.02 Å². The van der Waals surface area contributed by atoms with Gasteiger partial charge in [0.2, 0.25) is 0 Å². The molecule has 0 amide bonds. The Kier molecular flexibility index (Phi) is 3.92. The van der Waals surface area contributed by atoms with E-state index in [1.54, 1.807) is 0 Å². The van der Waals surface area contributed by atoms with Crippen molar-refractivity contribution < 1.29 is 9.84 Å². The fraction of sp³-hybridized carbons (Fsp3) is 0.333. The molecule has 0 radical (unpaired) electrons. The third-order valence-electron chi connectivity index (χ3n) is 4.11. The first-order valence-electron chi connectivity index (χ1n) is 7.28. The maximum atomic E-state index is 10.7. The van der Waals surface area contributed by atoms with Crippen LogP contribution in [0.4, 0.5) is 0 Å². The molecule has 110 valence electrons. The number of halogens is 1. The molecule has 0 spiro atoms. The molecule has 2 nitrogen and oxygen atoms in total. The molecule has 0 saturated carbocycles. The topological polar surface area (TPSA) is 29.5 Å². The van der Waals surface area contributed by atoms with Gasteiger partial charge in [-0.25, -0.2) is 0 Å². The van der Waals surface area contributed by atoms with Crippen molar-refractivity contribution in [1.82, 2.24) is 0 Å². The highest BCUT2D eigenvalue weighted by atomic mass is 35.5. The second-order valence-electron chi connectivity index (χ2n) is 5.79. The van der Waals surface area contributed by atoms with Crippen LogP contribution < -0.4 is 4.74 Å². The number of hydrogen-bond donors (Lipinski definition) is 1. The molecule has 1 aliphatic heterocycles. The van der Waals surface area contributed by atoms with E-state index < -0.39 is 5.60 Å². The van der Waals surface area contributed by atoms with E-state index in [1.165, 1.54) is 11.1 Å². The van der Waals surface area contributed by atoms with Gasteiger partial charge in [0, 0.05) is 17.0 Å². The Hall–Kier alpha value is -1.51. The van der Waals surface area contributed by atoms with Gasteiger partial charge in [0.1, 0.15) is 5.75 Å². The molecule has 1 N–H and O–H groups in total. The number of aliphatic hydroxyl groups is 1. The molecule has 2 aromatic rings. The fourth-order valence-electron chi connectivity index (χ4n) is 2.82. The van der Waals surface area contributed by atoms with Crippen LogP contribution in [0.1, 0.15) is 30.0 Å². The summed E-state index contributed by atoms with van der Waals surface area (Å²) in [7, 11) is 0. The predicted octanol–water partition coefficient (Wildman–Crippen LogP) is 4.12. The van der Waals surface area contributed by atoms with E-state index in [4.69, 9.17) is 16.3 Å². The number of rotatable bonds is 4. The largest absolute Gasteiger partial charge is 0.493 e. The maximum Gasteiger partial charge on any atom is 0.122 e. The minimum absolute atomic E-state index is 0.616. The molecular weight excluding hydrogens is 284 g/mol. The second-order valence-corrected chi connectivity index (χ2v) is 6.20. The van der Waals surface area contributed by atoms with E-state index >= 15 is 0 Å². The number of ether oxygens (including phenoxy) is 1. The van der Waals surface area contributed by atoms with E-state index in [0.717, 1.165) is 30.8 Å². The Labute approximate surface area is 130 Å². The number of benzene rings is 2. The minimum atomic E-state index is -0.923. The molecule has 3 rings (SSSR count). The summed E-state index contributed by atoms with van der Waals surface area (Å²) in [5.74, 6) is 0.997. The van der Waals surface area contributed by atoms with Crippen molar-refractivity contribution in [2.45, 2.75) is 31.8 Å². The van der Waals surface area contributed by atoms with Crippen molar-refractivity contribution >= 4 is 11.6 Å². The van der Waals surface area contributed by atoms with Gasteiger partial charge in [0.15, 0.2) is 0 Å². The molecular formula is C18H19ClO2. The smallest absolute Gasteiger partial charge is 0.122 e. The summed E-state index contributed by atoms with van der Waals surface area (Å²) < 4.78 is 5.52. The van der Waals surface area contributed by atoms with Crippen molar-refractivity contribution in [2.75, 3.05) is 6.61 Å². The average Bonchev–Trinajstić information content (AvgIpc) is 2.93. The van der Waals surface area contributed by atoms with E-state index in [1.807, 2.05) is 37.3 Å². The lowest BCUT2D eigenvalue weighted by molar-refractivity contribution is 0.0481. The third-order valence-corrected chi connectivity index (χ3v) is 4.44. The highest BCUT2D eigenvalue weighted by Gasteiger charge is 2.25. The Balaban J connectivity index is 1.73. The number of aryl methyl sites for hydroxylation is 1. The van der Waals surface area contributed by atoms with E-state index in [9.17, 15) is 5.11 Å². The summed E-state index contributed by atoms with van der Waals surface area (Å²) in [5.41, 5.74) is 2.36. The van der Waals surface area contributed by atoms with Crippen LogP contribution in [-0.2, 0) is 18.4 Å². The molecule has 3 heteroatoms. The predicted molar refractivity (Wildman–Crippen MR) is 85.0 cm³/mol. The van der Waals surface area contributed by atoms with Gasteiger partial charge in [-0.3, -0.25) is 0 Å². The average molecular weight is 303 g/mol. The Morgan fingerprint density at radius 2 is 2.05 bits per heavy atom. The molecule has 1 heterocycles. The van der Waals surface area contributed by atoms with Gasteiger partial charge in [0.25, 0.3) is 0 Å². The SMILES string of the molecule is CC(O)(CCc1ccc2c(c1)CCO2)c1ccccc1Cl. The van der Waals surface area contributed by atoms with Gasteiger partial charge < -0.3 is 9.84 Å². The molecule has 1 atom stereocenters. The van der Waals surface area contributed by atoms with Crippen molar-refractivity contribution in [3.05, 3.63) is 64.2 Å². The summed E-state index contributed by atoms with van der Waals surface area (Å²) in [4.78, 5) is 0. The Morgan fingerprint density at radius 1 is 1.24 bits per heavy atom. The van der Waals surface area contributed by atoms with Crippen molar-refractivity contribution in [3.8, 4) is 5.75 Å². The molecule has 21 heavy (non-hydrogen) atoms. The first-order chi connectivity index (χ1) is 10.1. The summed E-state index contributed by atoms with van der Waals surface area (Å²) in [6.45, 7) is 2.60. The van der Waals surface area contributed by atoms with Crippen LogP contribution in [0.15, 0.2) is 42.5 Å². The molecule has 0 fully saturated rings. The lowest BCUT2D eigenvalue weighted by Crippen LogP contribution is -2.22. The van der Waals surface area contributed by atoms with Crippen molar-refractivity contribution in [2.24, 2.45) is 0 Å². The third kappa shape index (κ3) is 3.07. The summed E-state index contributed by atoms with van der Waals surface area (Å²) in [6, 6.07) is 13.8. The van der Waals surface area contributed by atoms with Crippen LogP contribution in [0.25, 0.3) is 0 Å². The monoisotopic (exact) mass is 302 g/mol. The zero-order valence-corrected chi connectivity index (χ0v) is 12.9. The summed E-state index contributed by atoms with van der Waals surface area (Å²) in [5, 5.41) is 11.3. The zero-order chi connectivity index (χ0) is 14.9. The van der Waals surface area contributed by atoms with E-state index in [2.05, 4.69) is 12.1 Å². The highest BCUT2D eigenvalue weighted by molar-refractivity contribution is 6.31. The molecule has 0 aliphatic carbocycles. The molecule has 1 aliphatic rings. The molecule has 2 aromatic carbocycles.